The third-order valence-electron chi connectivity index (χ3n) is 5.88. The van der Waals surface area contributed by atoms with E-state index in [0.717, 1.165) is 6.92 Å². The van der Waals surface area contributed by atoms with Crippen LogP contribution in [0, 0.1) is 12.8 Å². The number of amides is 2. The summed E-state index contributed by atoms with van der Waals surface area (Å²) in [6.45, 7) is 3.97. The van der Waals surface area contributed by atoms with Gasteiger partial charge in [0.1, 0.15) is 17.5 Å². The lowest BCUT2D eigenvalue weighted by Crippen LogP contribution is -2.47. The molecule has 3 rings (SSSR count). The van der Waals surface area contributed by atoms with Crippen LogP contribution in [0.5, 0.6) is 5.75 Å². The molecule has 4 atom stereocenters. The van der Waals surface area contributed by atoms with Gasteiger partial charge in [-0.25, -0.2) is 0 Å². The molecule has 3 heterocycles. The Morgan fingerprint density at radius 3 is 2.50 bits per heavy atom. The number of carbonyl (C=O) groups is 2. The second-order valence-electron chi connectivity index (χ2n) is 7.76. The Bertz CT molecular complexity index is 1050. The molecular weight excluding hydrogens is 429 g/mol. The van der Waals surface area contributed by atoms with Gasteiger partial charge in [-0.05, 0) is 32.0 Å². The van der Waals surface area contributed by atoms with Gasteiger partial charge in [-0.3, -0.25) is 19.6 Å². The fourth-order valence-electron chi connectivity index (χ4n) is 3.98. The van der Waals surface area contributed by atoms with Crippen LogP contribution in [0.15, 0.2) is 30.6 Å². The van der Waals surface area contributed by atoms with E-state index in [0.29, 0.717) is 11.3 Å². The standard InChI is InChI=1S/C21H23F3N4O4/c1-10-15(13-6-8-26-11(2)16(13)31-4)17(32-20(10,3)21(22,23)24)19(30)28-12-5-7-27-14(9-12)18(25)29/h5-10,15,17H,1-4H3,(H2,25,29)(H,27,28,30)/t10-,15-,17-,20-/m0/s1. The quantitative estimate of drug-likeness (QED) is 0.721. The summed E-state index contributed by atoms with van der Waals surface area (Å²) in [7, 11) is 1.38. The average Bonchev–Trinajstić information content (AvgIpc) is 3.00. The molecule has 172 valence electrons. The van der Waals surface area contributed by atoms with Gasteiger partial charge in [-0.15, -0.1) is 0 Å². The van der Waals surface area contributed by atoms with Crippen LogP contribution in [0.4, 0.5) is 18.9 Å². The summed E-state index contributed by atoms with van der Waals surface area (Å²) in [5.41, 5.74) is 3.51. The van der Waals surface area contributed by atoms with E-state index in [9.17, 15) is 22.8 Å². The molecule has 0 spiro atoms. The van der Waals surface area contributed by atoms with Crippen molar-refractivity contribution in [2.45, 2.75) is 44.6 Å². The normalized spacial score (nSPS) is 25.4. The Kier molecular flexibility index (Phi) is 6.14. The summed E-state index contributed by atoms with van der Waals surface area (Å²) < 4.78 is 52.8. The lowest BCUT2D eigenvalue weighted by atomic mass is 9.77. The average molecular weight is 452 g/mol. The second-order valence-corrected chi connectivity index (χ2v) is 7.76. The minimum absolute atomic E-state index is 0.105. The van der Waals surface area contributed by atoms with Crippen molar-refractivity contribution in [3.63, 3.8) is 0 Å². The van der Waals surface area contributed by atoms with Crippen LogP contribution in [-0.4, -0.2) is 46.8 Å². The summed E-state index contributed by atoms with van der Waals surface area (Å²) in [6.07, 6.45) is -3.54. The van der Waals surface area contributed by atoms with Crippen LogP contribution in [0.25, 0.3) is 0 Å². The van der Waals surface area contributed by atoms with Crippen LogP contribution in [0.2, 0.25) is 0 Å². The first-order valence-electron chi connectivity index (χ1n) is 9.71. The van der Waals surface area contributed by atoms with E-state index < -0.39 is 41.5 Å². The van der Waals surface area contributed by atoms with Crippen LogP contribution in [-0.2, 0) is 9.53 Å². The number of halogens is 3. The van der Waals surface area contributed by atoms with Crippen LogP contribution in [0.1, 0.15) is 41.5 Å². The molecule has 1 saturated heterocycles. The van der Waals surface area contributed by atoms with Crippen molar-refractivity contribution < 1.29 is 32.2 Å². The van der Waals surface area contributed by atoms with Gasteiger partial charge in [0, 0.05) is 35.5 Å². The van der Waals surface area contributed by atoms with Gasteiger partial charge in [0.2, 0.25) is 0 Å². The van der Waals surface area contributed by atoms with E-state index in [1.165, 1.54) is 44.6 Å². The highest BCUT2D eigenvalue weighted by Crippen LogP contribution is 2.54. The fraction of sp³-hybridized carbons (Fsp3) is 0.429. The first-order chi connectivity index (χ1) is 14.9. The summed E-state index contributed by atoms with van der Waals surface area (Å²) in [6, 6.07) is 4.14. The number of aryl methyl sites for hydroxylation is 1. The van der Waals surface area contributed by atoms with E-state index >= 15 is 0 Å². The van der Waals surface area contributed by atoms with Crippen molar-refractivity contribution in [2.75, 3.05) is 12.4 Å². The molecule has 0 aliphatic carbocycles. The highest BCUT2D eigenvalue weighted by Gasteiger charge is 2.65. The second kappa shape index (κ2) is 8.38. The maximum Gasteiger partial charge on any atom is 0.417 e. The molecule has 1 aliphatic heterocycles. The van der Waals surface area contributed by atoms with Crippen molar-refractivity contribution in [1.82, 2.24) is 9.97 Å². The number of carbonyl (C=O) groups excluding carboxylic acids is 2. The molecule has 0 unspecified atom stereocenters. The molecule has 1 aliphatic rings. The van der Waals surface area contributed by atoms with Crippen molar-refractivity contribution in [1.29, 1.82) is 0 Å². The number of pyridine rings is 2. The van der Waals surface area contributed by atoms with Gasteiger partial charge < -0.3 is 20.5 Å². The van der Waals surface area contributed by atoms with Gasteiger partial charge in [-0.2, -0.15) is 13.2 Å². The van der Waals surface area contributed by atoms with Crippen molar-refractivity contribution in [2.24, 2.45) is 11.7 Å². The lowest BCUT2D eigenvalue weighted by Gasteiger charge is -2.32. The molecule has 32 heavy (non-hydrogen) atoms. The summed E-state index contributed by atoms with van der Waals surface area (Å²) in [5, 5.41) is 2.51. The Balaban J connectivity index is 2.05. The SMILES string of the molecule is COc1c([C@H]2[C@@H](C(=O)Nc3ccnc(C(N)=O)c3)O[C@](C)(C(F)(F)F)[C@H]2C)ccnc1C. The largest absolute Gasteiger partial charge is 0.495 e. The minimum atomic E-state index is -4.73. The zero-order valence-electron chi connectivity index (χ0n) is 17.9. The molecule has 2 amide bonds. The molecule has 0 saturated carbocycles. The molecule has 11 heteroatoms. The molecule has 2 aromatic rings. The number of ether oxygens (including phenoxy) is 2. The zero-order chi connectivity index (χ0) is 23.8. The fourth-order valence-corrected chi connectivity index (χ4v) is 3.98. The first kappa shape index (κ1) is 23.5. The van der Waals surface area contributed by atoms with E-state index in [1.807, 2.05) is 0 Å². The predicted molar refractivity (Wildman–Crippen MR) is 108 cm³/mol. The third-order valence-corrected chi connectivity index (χ3v) is 5.88. The number of anilines is 1. The van der Waals surface area contributed by atoms with Gasteiger partial charge in [0.05, 0.1) is 12.8 Å². The maximum atomic E-state index is 14.0. The minimum Gasteiger partial charge on any atom is -0.495 e. The number of hydrogen-bond donors (Lipinski definition) is 2. The van der Waals surface area contributed by atoms with Crippen molar-refractivity contribution >= 4 is 17.5 Å². The Morgan fingerprint density at radius 2 is 1.91 bits per heavy atom. The Hall–Kier alpha value is -3.21. The molecular formula is C21H23F3N4O4. The lowest BCUT2D eigenvalue weighted by molar-refractivity contribution is -0.272. The summed E-state index contributed by atoms with van der Waals surface area (Å²) in [5.74, 6) is -3.46. The number of aromatic nitrogens is 2. The van der Waals surface area contributed by atoms with E-state index in [4.69, 9.17) is 15.2 Å². The molecule has 3 N–H and O–H groups in total. The maximum absolute atomic E-state index is 14.0. The molecule has 8 nitrogen and oxygen atoms in total. The van der Waals surface area contributed by atoms with Crippen LogP contribution < -0.4 is 15.8 Å². The first-order valence-corrected chi connectivity index (χ1v) is 9.71. The number of hydrogen-bond acceptors (Lipinski definition) is 6. The number of primary amides is 1. The van der Waals surface area contributed by atoms with Crippen molar-refractivity contribution in [3.8, 4) is 5.75 Å². The van der Waals surface area contributed by atoms with Gasteiger partial charge in [0.25, 0.3) is 11.8 Å². The highest BCUT2D eigenvalue weighted by atomic mass is 19.4. The van der Waals surface area contributed by atoms with E-state index in [2.05, 4.69) is 15.3 Å². The zero-order valence-corrected chi connectivity index (χ0v) is 17.9. The van der Waals surface area contributed by atoms with Crippen LogP contribution in [0.3, 0.4) is 0 Å². The predicted octanol–water partition coefficient (Wildman–Crippen LogP) is 2.97. The van der Waals surface area contributed by atoms with Crippen LogP contribution >= 0.6 is 0 Å². The number of nitrogens with two attached hydrogens (primary N) is 1. The summed E-state index contributed by atoms with van der Waals surface area (Å²) in [4.78, 5) is 32.4. The number of nitrogens with one attached hydrogen (secondary N) is 1. The molecule has 0 aromatic carbocycles. The molecule has 0 radical (unpaired) electrons. The van der Waals surface area contributed by atoms with Crippen molar-refractivity contribution in [3.05, 3.63) is 47.5 Å². The van der Waals surface area contributed by atoms with Gasteiger partial charge in [-0.1, -0.05) is 6.92 Å². The van der Waals surface area contributed by atoms with E-state index in [-0.39, 0.29) is 17.1 Å². The highest BCUT2D eigenvalue weighted by molar-refractivity contribution is 5.97. The molecule has 0 bridgehead atoms. The van der Waals surface area contributed by atoms with Gasteiger partial charge in [0.15, 0.2) is 5.60 Å². The third kappa shape index (κ3) is 3.99. The number of alkyl halides is 3. The Labute approximate surface area is 182 Å². The van der Waals surface area contributed by atoms with E-state index in [1.54, 1.807) is 6.92 Å². The Morgan fingerprint density at radius 1 is 1.25 bits per heavy atom. The summed E-state index contributed by atoms with van der Waals surface area (Å²) >= 11 is 0. The topological polar surface area (TPSA) is 116 Å². The molecule has 1 fully saturated rings. The number of nitrogens with zero attached hydrogens (tertiary/aromatic N) is 2. The monoisotopic (exact) mass is 452 g/mol. The van der Waals surface area contributed by atoms with Gasteiger partial charge >= 0.3 is 6.18 Å². The smallest absolute Gasteiger partial charge is 0.417 e. The number of rotatable bonds is 5. The molecule has 2 aromatic heterocycles. The number of methoxy groups -OCH3 is 1.